The van der Waals surface area contributed by atoms with Gasteiger partial charge in [0.25, 0.3) is 10.0 Å². The summed E-state index contributed by atoms with van der Waals surface area (Å²) in [6, 6.07) is 9.10. The van der Waals surface area contributed by atoms with Crippen molar-refractivity contribution in [1.82, 2.24) is 4.98 Å². The summed E-state index contributed by atoms with van der Waals surface area (Å²) in [5.74, 6) is 0.141. The lowest BCUT2D eigenvalue weighted by Crippen LogP contribution is -2.14. The Balaban J connectivity index is 2.26. The molecule has 2 rings (SSSR count). The average Bonchev–Trinajstić information content (AvgIpc) is 2.41. The summed E-state index contributed by atoms with van der Waals surface area (Å²) < 4.78 is 27.6. The van der Waals surface area contributed by atoms with Crippen LogP contribution in [0.2, 0.25) is 0 Å². The van der Waals surface area contributed by atoms with Crippen LogP contribution in [0.1, 0.15) is 17.3 Å². The number of nitrogens with one attached hydrogen (secondary N) is 1. The highest BCUT2D eigenvalue weighted by Crippen LogP contribution is 2.16. The van der Waals surface area contributed by atoms with Gasteiger partial charge in [-0.15, -0.1) is 0 Å². The zero-order chi connectivity index (χ0) is 14.8. The van der Waals surface area contributed by atoms with E-state index < -0.39 is 10.0 Å². The molecule has 0 saturated carbocycles. The van der Waals surface area contributed by atoms with Crippen LogP contribution in [-0.4, -0.2) is 19.2 Å². The van der Waals surface area contributed by atoms with E-state index in [1.807, 2.05) is 0 Å². The number of hydrogen-bond donors (Lipinski definition) is 1. The molecule has 0 saturated heterocycles. The number of pyridine rings is 1. The SMILES string of the molecule is CC(=O)c1ccc(S(=O)(=O)Nc2ccc(I)cn2)cc1. The van der Waals surface area contributed by atoms with Crippen molar-refractivity contribution in [3.05, 3.63) is 51.7 Å². The maximum atomic E-state index is 12.1. The van der Waals surface area contributed by atoms with Gasteiger partial charge in [-0.3, -0.25) is 9.52 Å². The van der Waals surface area contributed by atoms with E-state index in [9.17, 15) is 13.2 Å². The molecule has 0 radical (unpaired) electrons. The standard InChI is InChI=1S/C13H11IN2O3S/c1-9(17)10-2-5-12(6-3-10)20(18,19)16-13-7-4-11(14)8-15-13/h2-8H,1H3,(H,15,16). The van der Waals surface area contributed by atoms with E-state index in [-0.39, 0.29) is 16.5 Å². The summed E-state index contributed by atoms with van der Waals surface area (Å²) in [7, 11) is -3.69. The van der Waals surface area contributed by atoms with E-state index in [0.717, 1.165) is 3.57 Å². The van der Waals surface area contributed by atoms with E-state index in [4.69, 9.17) is 0 Å². The average molecular weight is 402 g/mol. The maximum absolute atomic E-state index is 12.1. The Labute approximate surface area is 130 Å². The lowest BCUT2D eigenvalue weighted by Gasteiger charge is -2.07. The molecule has 20 heavy (non-hydrogen) atoms. The molecule has 7 heteroatoms. The molecule has 0 fully saturated rings. The lowest BCUT2D eigenvalue weighted by molar-refractivity contribution is 0.101. The van der Waals surface area contributed by atoms with Crippen molar-refractivity contribution in [2.75, 3.05) is 4.72 Å². The third-order valence-electron chi connectivity index (χ3n) is 2.54. The van der Waals surface area contributed by atoms with Crippen LogP contribution in [0.15, 0.2) is 47.5 Å². The lowest BCUT2D eigenvalue weighted by atomic mass is 10.2. The van der Waals surface area contributed by atoms with Gasteiger partial charge in [0, 0.05) is 15.3 Å². The van der Waals surface area contributed by atoms with E-state index in [1.54, 1.807) is 18.3 Å². The van der Waals surface area contributed by atoms with E-state index in [2.05, 4.69) is 32.3 Å². The monoisotopic (exact) mass is 402 g/mol. The molecule has 0 aliphatic heterocycles. The number of halogens is 1. The Bertz CT molecular complexity index is 725. The third-order valence-corrected chi connectivity index (χ3v) is 4.55. The molecule has 2 aromatic rings. The Hall–Kier alpha value is -1.48. The summed E-state index contributed by atoms with van der Waals surface area (Å²) in [5, 5.41) is 0. The van der Waals surface area contributed by atoms with Crippen molar-refractivity contribution in [2.45, 2.75) is 11.8 Å². The second-order valence-electron chi connectivity index (χ2n) is 4.05. The van der Waals surface area contributed by atoms with E-state index in [0.29, 0.717) is 5.56 Å². The Morgan fingerprint density at radius 2 is 1.80 bits per heavy atom. The number of carbonyl (C=O) groups excluding carboxylic acids is 1. The van der Waals surface area contributed by atoms with Crippen LogP contribution in [0, 0.1) is 3.57 Å². The van der Waals surface area contributed by atoms with Crippen LogP contribution in [0.3, 0.4) is 0 Å². The molecule has 104 valence electrons. The third kappa shape index (κ3) is 3.54. The number of benzene rings is 1. The van der Waals surface area contributed by atoms with Gasteiger partial charge in [-0.1, -0.05) is 12.1 Å². The number of anilines is 1. The van der Waals surface area contributed by atoms with E-state index >= 15 is 0 Å². The van der Waals surface area contributed by atoms with Gasteiger partial charge in [-0.05, 0) is 53.8 Å². The summed E-state index contributed by atoms with van der Waals surface area (Å²) in [5.41, 5.74) is 0.469. The first-order valence-corrected chi connectivity index (χ1v) is 8.20. The van der Waals surface area contributed by atoms with Crippen LogP contribution >= 0.6 is 22.6 Å². The fourth-order valence-corrected chi connectivity index (χ4v) is 2.83. The van der Waals surface area contributed by atoms with Gasteiger partial charge >= 0.3 is 0 Å². The van der Waals surface area contributed by atoms with Crippen LogP contribution in [-0.2, 0) is 10.0 Å². The Morgan fingerprint density at radius 1 is 1.15 bits per heavy atom. The highest BCUT2D eigenvalue weighted by Gasteiger charge is 2.15. The summed E-state index contributed by atoms with van der Waals surface area (Å²) in [4.78, 5) is 15.2. The van der Waals surface area contributed by atoms with Gasteiger partial charge in [0.15, 0.2) is 5.78 Å². The number of sulfonamides is 1. The van der Waals surface area contributed by atoms with Crippen molar-refractivity contribution in [3.8, 4) is 0 Å². The first kappa shape index (κ1) is 14.9. The predicted molar refractivity (Wildman–Crippen MR) is 84.2 cm³/mol. The molecule has 1 heterocycles. The van der Waals surface area contributed by atoms with Gasteiger partial charge in [-0.2, -0.15) is 0 Å². The van der Waals surface area contributed by atoms with Crippen molar-refractivity contribution in [2.24, 2.45) is 0 Å². The fourth-order valence-electron chi connectivity index (χ4n) is 1.50. The highest BCUT2D eigenvalue weighted by atomic mass is 127. The molecular weight excluding hydrogens is 391 g/mol. The summed E-state index contributed by atoms with van der Waals surface area (Å²) >= 11 is 2.08. The van der Waals surface area contributed by atoms with E-state index in [1.165, 1.54) is 31.2 Å². The second kappa shape index (κ2) is 5.88. The maximum Gasteiger partial charge on any atom is 0.263 e. The van der Waals surface area contributed by atoms with Gasteiger partial charge in [0.2, 0.25) is 0 Å². The number of hydrogen-bond acceptors (Lipinski definition) is 4. The van der Waals surface area contributed by atoms with Gasteiger partial charge in [0.05, 0.1) is 4.90 Å². The minimum Gasteiger partial charge on any atom is -0.295 e. The first-order valence-electron chi connectivity index (χ1n) is 5.64. The van der Waals surface area contributed by atoms with Gasteiger partial charge < -0.3 is 0 Å². The molecule has 0 aliphatic carbocycles. The number of nitrogens with zero attached hydrogens (tertiary/aromatic N) is 1. The summed E-state index contributed by atoms with van der Waals surface area (Å²) in [6.07, 6.45) is 1.57. The minimum absolute atomic E-state index is 0.0860. The summed E-state index contributed by atoms with van der Waals surface area (Å²) in [6.45, 7) is 1.43. The molecule has 0 aliphatic rings. The molecule has 0 spiro atoms. The molecule has 0 bridgehead atoms. The quantitative estimate of drug-likeness (QED) is 0.631. The van der Waals surface area contributed by atoms with Crippen molar-refractivity contribution in [1.29, 1.82) is 0 Å². The highest BCUT2D eigenvalue weighted by molar-refractivity contribution is 14.1. The molecule has 0 amide bonds. The predicted octanol–water partition coefficient (Wildman–Crippen LogP) is 2.69. The molecule has 5 nitrogen and oxygen atoms in total. The number of Topliss-reactive ketones (excluding diaryl/α,β-unsaturated/α-hetero) is 1. The Morgan fingerprint density at radius 3 is 2.30 bits per heavy atom. The largest absolute Gasteiger partial charge is 0.295 e. The molecule has 1 aromatic heterocycles. The smallest absolute Gasteiger partial charge is 0.263 e. The van der Waals surface area contributed by atoms with Gasteiger partial charge in [0.1, 0.15) is 5.82 Å². The van der Waals surface area contributed by atoms with Crippen LogP contribution in [0.5, 0.6) is 0 Å². The Kier molecular flexibility index (Phi) is 4.39. The zero-order valence-electron chi connectivity index (χ0n) is 10.5. The van der Waals surface area contributed by atoms with Crippen LogP contribution in [0.25, 0.3) is 0 Å². The normalized spacial score (nSPS) is 11.1. The first-order chi connectivity index (χ1) is 9.38. The molecule has 0 atom stereocenters. The molecule has 1 N–H and O–H groups in total. The zero-order valence-corrected chi connectivity index (χ0v) is 13.5. The fraction of sp³-hybridized carbons (Fsp3) is 0.0769. The molecule has 0 unspecified atom stereocenters. The molecule has 1 aromatic carbocycles. The van der Waals surface area contributed by atoms with Crippen molar-refractivity contribution in [3.63, 3.8) is 0 Å². The number of rotatable bonds is 4. The minimum atomic E-state index is -3.69. The number of carbonyl (C=O) groups is 1. The van der Waals surface area contributed by atoms with Crippen molar-refractivity contribution < 1.29 is 13.2 Å². The number of aromatic nitrogens is 1. The topological polar surface area (TPSA) is 76.1 Å². The van der Waals surface area contributed by atoms with Crippen molar-refractivity contribution >= 4 is 44.2 Å². The molecular formula is C13H11IN2O3S. The van der Waals surface area contributed by atoms with Crippen LogP contribution < -0.4 is 4.72 Å². The van der Waals surface area contributed by atoms with Crippen LogP contribution in [0.4, 0.5) is 5.82 Å². The number of ketones is 1. The van der Waals surface area contributed by atoms with Gasteiger partial charge in [-0.25, -0.2) is 13.4 Å². The second-order valence-corrected chi connectivity index (χ2v) is 6.98.